The van der Waals surface area contributed by atoms with E-state index in [0.717, 1.165) is 25.0 Å². The van der Waals surface area contributed by atoms with Crippen LogP contribution in [-0.4, -0.2) is 13.2 Å². The summed E-state index contributed by atoms with van der Waals surface area (Å²) >= 11 is 0. The summed E-state index contributed by atoms with van der Waals surface area (Å²) in [5, 5.41) is 0. The number of halogens is 1. The second-order valence-electron chi connectivity index (χ2n) is 5.13. The SMILES string of the molecule is CC(C)(CN)CCCCOc1ccc(F)cc1. The van der Waals surface area contributed by atoms with Crippen molar-refractivity contribution in [2.45, 2.75) is 33.1 Å². The maximum Gasteiger partial charge on any atom is 0.123 e. The van der Waals surface area contributed by atoms with Crippen LogP contribution in [0.5, 0.6) is 5.75 Å². The quantitative estimate of drug-likeness (QED) is 0.740. The van der Waals surface area contributed by atoms with Gasteiger partial charge < -0.3 is 10.5 Å². The highest BCUT2D eigenvalue weighted by molar-refractivity contribution is 5.21. The molecule has 0 bridgehead atoms. The van der Waals surface area contributed by atoms with Crippen LogP contribution in [0.2, 0.25) is 0 Å². The van der Waals surface area contributed by atoms with Crippen molar-refractivity contribution >= 4 is 0 Å². The van der Waals surface area contributed by atoms with Crippen LogP contribution in [0.4, 0.5) is 4.39 Å². The van der Waals surface area contributed by atoms with E-state index in [2.05, 4.69) is 13.8 Å². The van der Waals surface area contributed by atoms with E-state index < -0.39 is 0 Å². The molecular formula is C14H22FNO. The molecule has 0 saturated carbocycles. The molecule has 0 spiro atoms. The van der Waals surface area contributed by atoms with Crippen molar-refractivity contribution in [2.75, 3.05) is 13.2 Å². The molecule has 2 N–H and O–H groups in total. The van der Waals surface area contributed by atoms with Crippen LogP contribution in [0.25, 0.3) is 0 Å². The normalized spacial score (nSPS) is 11.5. The molecule has 1 aromatic rings. The number of nitrogens with two attached hydrogens (primary N) is 1. The van der Waals surface area contributed by atoms with Crippen LogP contribution in [0.15, 0.2) is 24.3 Å². The van der Waals surface area contributed by atoms with E-state index in [-0.39, 0.29) is 11.2 Å². The molecule has 17 heavy (non-hydrogen) atoms. The van der Waals surface area contributed by atoms with Crippen LogP contribution in [0, 0.1) is 11.2 Å². The third-order valence-corrected chi connectivity index (χ3v) is 2.88. The van der Waals surface area contributed by atoms with E-state index in [1.54, 1.807) is 12.1 Å². The summed E-state index contributed by atoms with van der Waals surface area (Å²) in [7, 11) is 0. The molecule has 3 heteroatoms. The lowest BCUT2D eigenvalue weighted by Gasteiger charge is -2.21. The maximum atomic E-state index is 12.6. The Balaban J connectivity index is 2.14. The van der Waals surface area contributed by atoms with Gasteiger partial charge in [-0.1, -0.05) is 13.8 Å². The van der Waals surface area contributed by atoms with Gasteiger partial charge in [0.1, 0.15) is 11.6 Å². The third kappa shape index (κ3) is 5.68. The predicted molar refractivity (Wildman–Crippen MR) is 68.6 cm³/mol. The monoisotopic (exact) mass is 239 g/mol. The Bertz CT molecular complexity index is 321. The number of rotatable bonds is 7. The smallest absolute Gasteiger partial charge is 0.123 e. The summed E-state index contributed by atoms with van der Waals surface area (Å²) in [6.07, 6.45) is 3.21. The van der Waals surface area contributed by atoms with E-state index in [1.165, 1.54) is 12.1 Å². The van der Waals surface area contributed by atoms with Gasteiger partial charge in [-0.25, -0.2) is 4.39 Å². The lowest BCUT2D eigenvalue weighted by atomic mass is 9.87. The van der Waals surface area contributed by atoms with Crippen molar-refractivity contribution in [3.05, 3.63) is 30.1 Å². The molecular weight excluding hydrogens is 217 g/mol. The zero-order valence-electron chi connectivity index (χ0n) is 10.7. The van der Waals surface area contributed by atoms with E-state index in [1.807, 2.05) is 0 Å². The van der Waals surface area contributed by atoms with Crippen molar-refractivity contribution in [3.8, 4) is 5.75 Å². The Kier molecular flexibility index (Phi) is 5.42. The van der Waals surface area contributed by atoms with Gasteiger partial charge in [0.25, 0.3) is 0 Å². The zero-order valence-corrected chi connectivity index (χ0v) is 10.7. The molecule has 0 aliphatic rings. The molecule has 0 heterocycles. The van der Waals surface area contributed by atoms with E-state index in [4.69, 9.17) is 10.5 Å². The van der Waals surface area contributed by atoms with Gasteiger partial charge in [-0.2, -0.15) is 0 Å². The summed E-state index contributed by atoms with van der Waals surface area (Å²) in [5.74, 6) is 0.492. The standard InChI is InChI=1S/C14H22FNO/c1-14(2,11-16)9-3-4-10-17-13-7-5-12(15)6-8-13/h5-8H,3-4,9-11,16H2,1-2H3. The van der Waals surface area contributed by atoms with Gasteiger partial charge in [-0.15, -0.1) is 0 Å². The van der Waals surface area contributed by atoms with E-state index in [0.29, 0.717) is 13.2 Å². The Morgan fingerprint density at radius 1 is 1.18 bits per heavy atom. The summed E-state index contributed by atoms with van der Waals surface area (Å²) in [6.45, 7) is 5.74. The second-order valence-corrected chi connectivity index (χ2v) is 5.13. The fraction of sp³-hybridized carbons (Fsp3) is 0.571. The first-order chi connectivity index (χ1) is 8.03. The Hall–Kier alpha value is -1.09. The summed E-state index contributed by atoms with van der Waals surface area (Å²) in [5.41, 5.74) is 5.88. The molecule has 0 aliphatic heterocycles. The largest absolute Gasteiger partial charge is 0.494 e. The Morgan fingerprint density at radius 3 is 2.41 bits per heavy atom. The minimum absolute atomic E-state index is 0.218. The van der Waals surface area contributed by atoms with Gasteiger partial charge in [0.05, 0.1) is 6.61 Å². The number of ether oxygens (including phenoxy) is 1. The molecule has 0 unspecified atom stereocenters. The average molecular weight is 239 g/mol. The topological polar surface area (TPSA) is 35.2 Å². The minimum atomic E-state index is -0.234. The second kappa shape index (κ2) is 6.60. The van der Waals surface area contributed by atoms with Crippen molar-refractivity contribution in [3.63, 3.8) is 0 Å². The molecule has 2 nitrogen and oxygen atoms in total. The highest BCUT2D eigenvalue weighted by Crippen LogP contribution is 2.21. The van der Waals surface area contributed by atoms with Crippen molar-refractivity contribution < 1.29 is 9.13 Å². The summed E-state index contributed by atoms with van der Waals surface area (Å²) in [6, 6.07) is 6.12. The highest BCUT2D eigenvalue weighted by atomic mass is 19.1. The molecule has 1 aromatic carbocycles. The van der Waals surface area contributed by atoms with Crippen LogP contribution in [-0.2, 0) is 0 Å². The first-order valence-electron chi connectivity index (χ1n) is 6.12. The molecule has 0 aromatic heterocycles. The first kappa shape index (κ1) is 14.0. The highest BCUT2D eigenvalue weighted by Gasteiger charge is 2.14. The zero-order chi connectivity index (χ0) is 12.7. The third-order valence-electron chi connectivity index (χ3n) is 2.88. The fourth-order valence-electron chi connectivity index (χ4n) is 1.53. The number of hydrogen-bond donors (Lipinski definition) is 1. The lowest BCUT2D eigenvalue weighted by Crippen LogP contribution is -2.23. The van der Waals surface area contributed by atoms with Gasteiger partial charge in [-0.3, -0.25) is 0 Å². The summed E-state index contributed by atoms with van der Waals surface area (Å²) in [4.78, 5) is 0. The molecule has 0 radical (unpaired) electrons. The predicted octanol–water partition coefficient (Wildman–Crippen LogP) is 3.36. The van der Waals surface area contributed by atoms with Crippen molar-refractivity contribution in [1.82, 2.24) is 0 Å². The summed E-state index contributed by atoms with van der Waals surface area (Å²) < 4.78 is 18.1. The van der Waals surface area contributed by atoms with Crippen molar-refractivity contribution in [2.24, 2.45) is 11.1 Å². The number of benzene rings is 1. The fourth-order valence-corrected chi connectivity index (χ4v) is 1.53. The van der Waals surface area contributed by atoms with E-state index in [9.17, 15) is 4.39 Å². The van der Waals surface area contributed by atoms with Gasteiger partial charge >= 0.3 is 0 Å². The minimum Gasteiger partial charge on any atom is -0.494 e. The van der Waals surface area contributed by atoms with Gasteiger partial charge in [0, 0.05) is 0 Å². The lowest BCUT2D eigenvalue weighted by molar-refractivity contribution is 0.278. The Labute approximate surface area is 103 Å². The molecule has 0 saturated heterocycles. The van der Waals surface area contributed by atoms with Crippen LogP contribution in [0.3, 0.4) is 0 Å². The molecule has 1 rings (SSSR count). The van der Waals surface area contributed by atoms with Gasteiger partial charge in [0.2, 0.25) is 0 Å². The van der Waals surface area contributed by atoms with Crippen LogP contribution >= 0.6 is 0 Å². The molecule has 96 valence electrons. The first-order valence-corrected chi connectivity index (χ1v) is 6.12. The van der Waals surface area contributed by atoms with Crippen LogP contribution < -0.4 is 10.5 Å². The Morgan fingerprint density at radius 2 is 1.82 bits per heavy atom. The average Bonchev–Trinajstić information content (AvgIpc) is 2.31. The van der Waals surface area contributed by atoms with Gasteiger partial charge in [0.15, 0.2) is 0 Å². The number of unbranched alkanes of at least 4 members (excludes halogenated alkanes) is 1. The molecule has 0 aliphatic carbocycles. The molecule has 0 amide bonds. The van der Waals surface area contributed by atoms with Gasteiger partial charge in [-0.05, 0) is 55.5 Å². The maximum absolute atomic E-state index is 12.6. The molecule has 0 atom stereocenters. The van der Waals surface area contributed by atoms with Crippen molar-refractivity contribution in [1.29, 1.82) is 0 Å². The van der Waals surface area contributed by atoms with Crippen LogP contribution in [0.1, 0.15) is 33.1 Å². The molecule has 0 fully saturated rings. The number of hydrogen-bond acceptors (Lipinski definition) is 2. The van der Waals surface area contributed by atoms with E-state index >= 15 is 0 Å².